The van der Waals surface area contributed by atoms with E-state index in [2.05, 4.69) is 9.97 Å². The Morgan fingerprint density at radius 1 is 1.25 bits per heavy atom. The minimum Gasteiger partial charge on any atom is -0.369 e. The van der Waals surface area contributed by atoms with Gasteiger partial charge in [0.05, 0.1) is 5.75 Å². The Morgan fingerprint density at radius 2 is 1.90 bits per heavy atom. The molecule has 0 spiro atoms. The minimum atomic E-state index is -0.513. The topological polar surface area (TPSA) is 113 Å². The number of thioether (sulfide) groups is 1. The second-order valence-electron chi connectivity index (χ2n) is 4.24. The number of fused-ring (bicyclic) bond motifs is 1. The van der Waals surface area contributed by atoms with E-state index < -0.39 is 17.2 Å². The first-order valence-corrected chi connectivity index (χ1v) is 6.67. The lowest BCUT2D eigenvalue weighted by atomic mass is 10.4. The van der Waals surface area contributed by atoms with Crippen molar-refractivity contribution in [3.05, 3.63) is 26.7 Å². The van der Waals surface area contributed by atoms with Crippen LogP contribution in [0.4, 0.5) is 0 Å². The van der Waals surface area contributed by atoms with Crippen LogP contribution in [0, 0.1) is 6.92 Å². The molecule has 0 saturated heterocycles. The van der Waals surface area contributed by atoms with Gasteiger partial charge in [0.2, 0.25) is 5.91 Å². The van der Waals surface area contributed by atoms with E-state index in [4.69, 9.17) is 5.73 Å². The average molecular weight is 295 g/mol. The fraction of sp³-hybridized carbons (Fsp3) is 0.364. The highest BCUT2D eigenvalue weighted by atomic mass is 32.2. The van der Waals surface area contributed by atoms with Gasteiger partial charge >= 0.3 is 5.69 Å². The van der Waals surface area contributed by atoms with Gasteiger partial charge in [0.1, 0.15) is 16.2 Å². The Balaban J connectivity index is 2.85. The van der Waals surface area contributed by atoms with Crippen molar-refractivity contribution in [1.82, 2.24) is 19.1 Å². The van der Waals surface area contributed by atoms with Crippen molar-refractivity contribution in [2.45, 2.75) is 11.9 Å². The molecule has 0 saturated carbocycles. The lowest BCUT2D eigenvalue weighted by Gasteiger charge is -2.10. The Kier molecular flexibility index (Phi) is 3.62. The van der Waals surface area contributed by atoms with Crippen molar-refractivity contribution in [2.24, 2.45) is 19.8 Å². The summed E-state index contributed by atoms with van der Waals surface area (Å²) in [6, 6.07) is 0. The van der Waals surface area contributed by atoms with E-state index in [0.29, 0.717) is 10.9 Å². The van der Waals surface area contributed by atoms with Crippen LogP contribution in [0.25, 0.3) is 11.0 Å². The second-order valence-corrected chi connectivity index (χ2v) is 5.20. The molecule has 0 bridgehead atoms. The average Bonchev–Trinajstić information content (AvgIpc) is 2.39. The number of nitrogens with two attached hydrogens (primary N) is 1. The molecular formula is C11H13N5O3S. The van der Waals surface area contributed by atoms with E-state index in [1.807, 2.05) is 0 Å². The minimum absolute atomic E-state index is 0.00243. The van der Waals surface area contributed by atoms with Crippen LogP contribution >= 0.6 is 11.8 Å². The number of carbonyl (C=O) groups excluding carboxylic acids is 1. The summed E-state index contributed by atoms with van der Waals surface area (Å²) in [4.78, 5) is 43.3. The maximum Gasteiger partial charge on any atom is 0.332 e. The van der Waals surface area contributed by atoms with E-state index in [9.17, 15) is 14.4 Å². The zero-order valence-electron chi connectivity index (χ0n) is 11.2. The molecule has 20 heavy (non-hydrogen) atoms. The number of rotatable bonds is 3. The molecule has 0 aliphatic rings. The van der Waals surface area contributed by atoms with Crippen molar-refractivity contribution in [2.75, 3.05) is 5.75 Å². The summed E-state index contributed by atoms with van der Waals surface area (Å²) >= 11 is 1.06. The van der Waals surface area contributed by atoms with Gasteiger partial charge in [0, 0.05) is 14.1 Å². The SMILES string of the molecule is Cc1nc(SCC(N)=O)c2c(=O)n(C)c(=O)n(C)c2n1. The van der Waals surface area contributed by atoms with Gasteiger partial charge in [-0.25, -0.2) is 14.8 Å². The van der Waals surface area contributed by atoms with E-state index in [-0.39, 0.29) is 16.8 Å². The fourth-order valence-corrected chi connectivity index (χ4v) is 2.58. The Hall–Kier alpha value is -2.16. The summed E-state index contributed by atoms with van der Waals surface area (Å²) in [7, 11) is 2.91. The molecule has 2 aromatic rings. The van der Waals surface area contributed by atoms with Gasteiger partial charge in [-0.15, -0.1) is 0 Å². The van der Waals surface area contributed by atoms with Crippen LogP contribution in [-0.2, 0) is 18.9 Å². The quantitative estimate of drug-likeness (QED) is 0.569. The molecule has 0 atom stereocenters. The zero-order valence-corrected chi connectivity index (χ0v) is 12.0. The summed E-state index contributed by atoms with van der Waals surface area (Å²) in [6.45, 7) is 1.65. The van der Waals surface area contributed by atoms with Crippen LogP contribution in [0.5, 0.6) is 0 Å². The number of amides is 1. The number of hydrogen-bond acceptors (Lipinski definition) is 6. The van der Waals surface area contributed by atoms with Gasteiger partial charge in [0.15, 0.2) is 5.65 Å². The molecule has 2 aromatic heterocycles. The monoisotopic (exact) mass is 295 g/mol. The van der Waals surface area contributed by atoms with E-state index in [1.165, 1.54) is 18.7 Å². The third-order valence-corrected chi connectivity index (χ3v) is 3.73. The highest BCUT2D eigenvalue weighted by Crippen LogP contribution is 2.21. The molecule has 2 rings (SSSR count). The summed E-state index contributed by atoms with van der Waals surface area (Å²) in [5.74, 6) is -0.105. The number of nitrogens with zero attached hydrogens (tertiary/aromatic N) is 4. The second kappa shape index (κ2) is 5.08. The molecule has 0 aliphatic heterocycles. The molecule has 0 fully saturated rings. The molecule has 106 valence electrons. The lowest BCUT2D eigenvalue weighted by Crippen LogP contribution is -2.37. The van der Waals surface area contributed by atoms with Crippen molar-refractivity contribution in [3.8, 4) is 0 Å². The van der Waals surface area contributed by atoms with E-state index >= 15 is 0 Å². The summed E-state index contributed by atoms with van der Waals surface area (Å²) in [5.41, 5.74) is 4.39. The smallest absolute Gasteiger partial charge is 0.332 e. The summed E-state index contributed by atoms with van der Waals surface area (Å²) in [6.07, 6.45) is 0. The molecule has 0 aromatic carbocycles. The van der Waals surface area contributed by atoms with Gasteiger partial charge in [-0.3, -0.25) is 18.7 Å². The largest absolute Gasteiger partial charge is 0.369 e. The molecule has 0 unspecified atom stereocenters. The summed E-state index contributed by atoms with van der Waals surface area (Å²) in [5, 5.41) is 0.564. The van der Waals surface area contributed by atoms with Gasteiger partial charge in [-0.2, -0.15) is 0 Å². The maximum absolute atomic E-state index is 12.2. The van der Waals surface area contributed by atoms with Gasteiger partial charge < -0.3 is 5.73 Å². The van der Waals surface area contributed by atoms with E-state index in [1.54, 1.807) is 6.92 Å². The third-order valence-electron chi connectivity index (χ3n) is 2.73. The molecule has 2 heterocycles. The highest BCUT2D eigenvalue weighted by molar-refractivity contribution is 8.00. The highest BCUT2D eigenvalue weighted by Gasteiger charge is 2.16. The van der Waals surface area contributed by atoms with Crippen molar-refractivity contribution in [3.63, 3.8) is 0 Å². The van der Waals surface area contributed by atoms with Gasteiger partial charge in [-0.05, 0) is 6.92 Å². The molecule has 9 heteroatoms. The number of aromatic nitrogens is 4. The Bertz CT molecular complexity index is 823. The number of hydrogen-bond donors (Lipinski definition) is 1. The van der Waals surface area contributed by atoms with Crippen molar-refractivity contribution in [1.29, 1.82) is 0 Å². The number of carbonyl (C=O) groups is 1. The van der Waals surface area contributed by atoms with Crippen LogP contribution < -0.4 is 17.0 Å². The first kappa shape index (κ1) is 14.3. The van der Waals surface area contributed by atoms with Gasteiger partial charge in [0.25, 0.3) is 5.56 Å². The van der Waals surface area contributed by atoms with Gasteiger partial charge in [-0.1, -0.05) is 11.8 Å². The molecule has 0 aliphatic carbocycles. The first-order chi connectivity index (χ1) is 9.32. The third kappa shape index (κ3) is 2.31. The number of primary amides is 1. The van der Waals surface area contributed by atoms with Crippen molar-refractivity contribution < 1.29 is 4.79 Å². The Labute approximate surface area is 117 Å². The van der Waals surface area contributed by atoms with Crippen LogP contribution in [0.1, 0.15) is 5.82 Å². The fourth-order valence-electron chi connectivity index (χ4n) is 1.78. The maximum atomic E-state index is 12.2. The molecule has 1 amide bonds. The van der Waals surface area contributed by atoms with Crippen LogP contribution in [0.2, 0.25) is 0 Å². The normalized spacial score (nSPS) is 10.9. The molecule has 0 radical (unpaired) electrons. The van der Waals surface area contributed by atoms with Crippen LogP contribution in [0.15, 0.2) is 14.6 Å². The standard InChI is InChI=1S/C11H13N5O3S/c1-5-13-8-7(9(14-5)20-4-6(12)17)10(18)16(3)11(19)15(8)2/h4H2,1-3H3,(H2,12,17). The van der Waals surface area contributed by atoms with Crippen LogP contribution in [0.3, 0.4) is 0 Å². The predicted molar refractivity (Wildman–Crippen MR) is 74.7 cm³/mol. The number of aryl methyl sites for hydroxylation is 2. The molecule has 8 nitrogen and oxygen atoms in total. The Morgan fingerprint density at radius 3 is 2.50 bits per heavy atom. The molecular weight excluding hydrogens is 282 g/mol. The summed E-state index contributed by atoms with van der Waals surface area (Å²) < 4.78 is 2.26. The zero-order chi connectivity index (χ0) is 15.0. The van der Waals surface area contributed by atoms with E-state index in [0.717, 1.165) is 16.3 Å². The van der Waals surface area contributed by atoms with Crippen LogP contribution in [-0.4, -0.2) is 30.8 Å². The van der Waals surface area contributed by atoms with Crippen molar-refractivity contribution >= 4 is 28.7 Å². The lowest BCUT2D eigenvalue weighted by molar-refractivity contribution is -0.115. The molecule has 2 N–H and O–H groups in total. The first-order valence-electron chi connectivity index (χ1n) is 5.68. The predicted octanol–water partition coefficient (Wildman–Crippen LogP) is -1.09.